The largest absolute Gasteiger partial charge is 0.458 e. The van der Waals surface area contributed by atoms with Gasteiger partial charge in [-0.15, -0.1) is 0 Å². The molecule has 230 valence electrons. The maximum Gasteiger partial charge on any atom is 0.411 e. The molecule has 1 heterocycles. The Morgan fingerprint density at radius 2 is 1.51 bits per heavy atom. The molecule has 2 aromatic carbocycles. The predicted octanol–water partition coefficient (Wildman–Crippen LogP) is 4.99. The maximum absolute atomic E-state index is 13.7. The molecule has 0 aliphatic carbocycles. The number of ether oxygens (including phenoxy) is 2. The first kappa shape index (κ1) is 33.0. The summed E-state index contributed by atoms with van der Waals surface area (Å²) in [4.78, 5) is 67.9. The number of hydrazine groups is 1. The minimum absolute atomic E-state index is 0.000738. The second-order valence-corrected chi connectivity index (χ2v) is 11.8. The highest BCUT2D eigenvalue weighted by atomic mass is 16.6. The van der Waals surface area contributed by atoms with Gasteiger partial charge in [-0.25, -0.2) is 14.6 Å². The number of imide groups is 1. The fourth-order valence-corrected chi connectivity index (χ4v) is 4.35. The molecule has 0 bridgehead atoms. The number of rotatable bonds is 11. The number of carbonyl (C=O) groups is 5. The van der Waals surface area contributed by atoms with E-state index in [9.17, 15) is 24.0 Å². The van der Waals surface area contributed by atoms with E-state index in [0.717, 1.165) is 21.0 Å². The van der Waals surface area contributed by atoms with Gasteiger partial charge in [0.1, 0.15) is 25.3 Å². The summed E-state index contributed by atoms with van der Waals surface area (Å²) in [6.07, 6.45) is 3.12. The monoisotopic (exact) mass is 591 g/mol. The quantitative estimate of drug-likeness (QED) is 0.267. The van der Waals surface area contributed by atoms with Crippen LogP contribution in [0.25, 0.3) is 6.08 Å². The third-order valence-corrected chi connectivity index (χ3v) is 6.44. The van der Waals surface area contributed by atoms with E-state index in [2.05, 4.69) is 0 Å². The highest BCUT2D eigenvalue weighted by Crippen LogP contribution is 2.22. The molecule has 0 saturated carbocycles. The molecule has 2 aromatic rings. The summed E-state index contributed by atoms with van der Waals surface area (Å²) < 4.78 is 11.0. The summed E-state index contributed by atoms with van der Waals surface area (Å²) in [6, 6.07) is 17.1. The fourth-order valence-electron chi connectivity index (χ4n) is 4.35. The van der Waals surface area contributed by atoms with E-state index < -0.39 is 54.5 Å². The Hall–Kier alpha value is -4.47. The molecule has 1 fully saturated rings. The Morgan fingerprint density at radius 3 is 2.07 bits per heavy atom. The molecule has 10 nitrogen and oxygen atoms in total. The fraction of sp³-hybridized carbons (Fsp3) is 0.424. The van der Waals surface area contributed by atoms with Crippen LogP contribution in [0, 0.1) is 5.92 Å². The van der Waals surface area contributed by atoms with Gasteiger partial charge in [-0.2, -0.15) is 5.01 Å². The second-order valence-electron chi connectivity index (χ2n) is 11.8. The standard InChI is InChI=1S/C33H41N3O7/c1-24(2)19-20-28(37)35(27(31(40)43-33(3,4)5)18-12-17-25-13-8-6-9-14-25)36-29(38)21-34(22-30(36)39)32(41)42-23-26-15-10-7-11-16-26/h6-17,24,27H,18-23H2,1-5H3/t27-/m0/s1. The SMILES string of the molecule is CC(C)CCC(=O)N([C@@H](CC=Cc1ccccc1)C(=O)OC(C)(C)C)N1C(=O)CN(C(=O)OCc2ccccc2)CC1=O. The van der Waals surface area contributed by atoms with Gasteiger partial charge in [0.2, 0.25) is 5.91 Å². The molecule has 10 heteroatoms. The van der Waals surface area contributed by atoms with Crippen LogP contribution >= 0.6 is 0 Å². The van der Waals surface area contributed by atoms with Crippen LogP contribution in [0.5, 0.6) is 0 Å². The van der Waals surface area contributed by atoms with Crippen molar-refractivity contribution in [1.82, 2.24) is 14.9 Å². The molecule has 1 aliphatic heterocycles. The molecule has 1 saturated heterocycles. The van der Waals surface area contributed by atoms with Crippen molar-refractivity contribution in [3.05, 3.63) is 77.9 Å². The van der Waals surface area contributed by atoms with Crippen molar-refractivity contribution in [2.24, 2.45) is 5.92 Å². The lowest BCUT2D eigenvalue weighted by Gasteiger charge is -2.41. The number of hydrogen-bond acceptors (Lipinski definition) is 7. The first-order chi connectivity index (χ1) is 20.4. The van der Waals surface area contributed by atoms with Crippen molar-refractivity contribution < 1.29 is 33.4 Å². The zero-order valence-corrected chi connectivity index (χ0v) is 25.5. The Labute approximate surface area is 253 Å². The number of esters is 1. The average Bonchev–Trinajstić information content (AvgIpc) is 2.95. The van der Waals surface area contributed by atoms with Crippen molar-refractivity contribution in [2.45, 2.75) is 72.1 Å². The summed E-state index contributed by atoms with van der Waals surface area (Å²) in [6.45, 7) is 7.94. The molecule has 0 N–H and O–H groups in total. The summed E-state index contributed by atoms with van der Waals surface area (Å²) in [5.41, 5.74) is 0.733. The molecular formula is C33H41N3O7. The van der Waals surface area contributed by atoms with Crippen molar-refractivity contribution in [1.29, 1.82) is 0 Å². The van der Waals surface area contributed by atoms with E-state index in [4.69, 9.17) is 9.47 Å². The molecule has 43 heavy (non-hydrogen) atoms. The zero-order chi connectivity index (χ0) is 31.6. The van der Waals surface area contributed by atoms with Gasteiger partial charge in [0.25, 0.3) is 11.8 Å². The first-order valence-electron chi connectivity index (χ1n) is 14.4. The minimum atomic E-state index is -1.30. The number of piperazine rings is 1. The number of carbonyl (C=O) groups excluding carboxylic acids is 5. The summed E-state index contributed by atoms with van der Waals surface area (Å²) in [7, 11) is 0. The van der Waals surface area contributed by atoms with Crippen LogP contribution < -0.4 is 0 Å². The lowest BCUT2D eigenvalue weighted by molar-refractivity contribution is -0.190. The Kier molecular flexibility index (Phi) is 11.6. The van der Waals surface area contributed by atoms with E-state index in [-0.39, 0.29) is 25.4 Å². The number of nitrogens with zero attached hydrogens (tertiary/aromatic N) is 3. The van der Waals surface area contributed by atoms with Crippen molar-refractivity contribution in [3.8, 4) is 0 Å². The predicted molar refractivity (Wildman–Crippen MR) is 161 cm³/mol. The molecule has 0 unspecified atom stereocenters. The molecule has 0 aromatic heterocycles. The summed E-state index contributed by atoms with van der Waals surface area (Å²) in [5, 5.41) is 1.64. The van der Waals surface area contributed by atoms with E-state index in [1.165, 1.54) is 0 Å². The summed E-state index contributed by atoms with van der Waals surface area (Å²) >= 11 is 0. The van der Waals surface area contributed by atoms with Crippen LogP contribution in [-0.2, 0) is 35.3 Å². The summed E-state index contributed by atoms with van der Waals surface area (Å²) in [5.74, 6) is -2.82. The second kappa shape index (κ2) is 15.1. The van der Waals surface area contributed by atoms with Gasteiger partial charge in [-0.05, 0) is 50.7 Å². The Balaban J connectivity index is 1.88. The van der Waals surface area contributed by atoms with Gasteiger partial charge in [-0.1, -0.05) is 86.7 Å². The van der Waals surface area contributed by atoms with Gasteiger partial charge >= 0.3 is 12.1 Å². The molecule has 1 atom stereocenters. The van der Waals surface area contributed by atoms with Crippen LogP contribution in [0.4, 0.5) is 4.79 Å². The third kappa shape index (κ3) is 10.1. The van der Waals surface area contributed by atoms with Crippen LogP contribution in [0.3, 0.4) is 0 Å². The molecule has 0 spiro atoms. The van der Waals surface area contributed by atoms with E-state index in [1.807, 2.05) is 50.2 Å². The molecular weight excluding hydrogens is 550 g/mol. The lowest BCUT2D eigenvalue weighted by atomic mass is 10.1. The van der Waals surface area contributed by atoms with Crippen LogP contribution in [0.2, 0.25) is 0 Å². The highest BCUT2D eigenvalue weighted by molar-refractivity contribution is 6.03. The average molecular weight is 592 g/mol. The number of benzene rings is 2. The van der Waals surface area contributed by atoms with Gasteiger partial charge in [-0.3, -0.25) is 19.3 Å². The molecule has 4 amide bonds. The third-order valence-electron chi connectivity index (χ3n) is 6.44. The number of amides is 4. The van der Waals surface area contributed by atoms with Crippen molar-refractivity contribution in [2.75, 3.05) is 13.1 Å². The van der Waals surface area contributed by atoms with Gasteiger partial charge in [0.05, 0.1) is 0 Å². The topological polar surface area (TPSA) is 114 Å². The van der Waals surface area contributed by atoms with Gasteiger partial charge < -0.3 is 9.47 Å². The van der Waals surface area contributed by atoms with Crippen molar-refractivity contribution in [3.63, 3.8) is 0 Å². The molecule has 1 aliphatic rings. The Morgan fingerprint density at radius 1 is 0.930 bits per heavy atom. The highest BCUT2D eigenvalue weighted by Gasteiger charge is 2.45. The van der Waals surface area contributed by atoms with Crippen LogP contribution in [0.15, 0.2) is 66.7 Å². The maximum atomic E-state index is 13.7. The van der Waals surface area contributed by atoms with Crippen LogP contribution in [-0.4, -0.2) is 69.4 Å². The molecule has 3 rings (SSSR count). The van der Waals surface area contributed by atoms with E-state index in [1.54, 1.807) is 57.2 Å². The van der Waals surface area contributed by atoms with Gasteiger partial charge in [0.15, 0.2) is 6.04 Å². The van der Waals surface area contributed by atoms with E-state index >= 15 is 0 Å². The zero-order valence-electron chi connectivity index (χ0n) is 25.5. The molecule has 0 radical (unpaired) electrons. The smallest absolute Gasteiger partial charge is 0.411 e. The van der Waals surface area contributed by atoms with Crippen molar-refractivity contribution >= 4 is 35.9 Å². The van der Waals surface area contributed by atoms with Crippen LogP contribution in [0.1, 0.15) is 65.0 Å². The first-order valence-corrected chi connectivity index (χ1v) is 14.4. The van der Waals surface area contributed by atoms with E-state index in [0.29, 0.717) is 11.4 Å². The normalized spacial score (nSPS) is 14.7. The Bertz CT molecular complexity index is 1280. The van der Waals surface area contributed by atoms with Gasteiger partial charge in [0, 0.05) is 6.42 Å². The number of hydrogen-bond donors (Lipinski definition) is 0. The minimum Gasteiger partial charge on any atom is -0.458 e. The lowest BCUT2D eigenvalue weighted by Crippen LogP contribution is -2.66.